The smallest absolute Gasteiger partial charge is 0.150 e. The molecule has 5 rings (SSSR count). The van der Waals surface area contributed by atoms with Crippen LogP contribution in [-0.4, -0.2) is 28.0 Å². The number of rotatable bonds is 3. The SMILES string of the molecule is CC(C)Cc1nc2sc3c(N4CCCCC4)ncnc3c2c2c1CCCC2. The van der Waals surface area contributed by atoms with Crippen LogP contribution in [0.5, 0.6) is 0 Å². The van der Waals surface area contributed by atoms with Crippen molar-refractivity contribution in [3.05, 3.63) is 23.1 Å². The number of pyridine rings is 1. The molecule has 1 aliphatic carbocycles. The van der Waals surface area contributed by atoms with Crippen molar-refractivity contribution in [1.82, 2.24) is 15.0 Å². The molecule has 2 aliphatic rings. The standard InChI is InChI=1S/C22H28N4S/c1-14(2)12-17-15-8-4-5-9-16(15)18-19-20(27-22(18)25-17)21(24-13-23-19)26-10-6-3-7-11-26/h13-14H,3-12H2,1-2H3. The lowest BCUT2D eigenvalue weighted by molar-refractivity contribution is 0.575. The maximum absolute atomic E-state index is 5.18. The molecule has 1 fully saturated rings. The van der Waals surface area contributed by atoms with Gasteiger partial charge < -0.3 is 4.90 Å². The largest absolute Gasteiger partial charge is 0.355 e. The van der Waals surface area contributed by atoms with Crippen molar-refractivity contribution in [2.45, 2.75) is 65.2 Å². The Hall–Kier alpha value is -1.75. The predicted octanol–water partition coefficient (Wildman–Crippen LogP) is 5.31. The van der Waals surface area contributed by atoms with Crippen molar-refractivity contribution in [3.63, 3.8) is 0 Å². The Labute approximate surface area is 165 Å². The van der Waals surface area contributed by atoms with Crippen LogP contribution in [0.15, 0.2) is 6.33 Å². The molecular weight excluding hydrogens is 352 g/mol. The van der Waals surface area contributed by atoms with Gasteiger partial charge in [0.15, 0.2) is 0 Å². The van der Waals surface area contributed by atoms with Crippen LogP contribution in [0.2, 0.25) is 0 Å². The van der Waals surface area contributed by atoms with Crippen molar-refractivity contribution in [2.24, 2.45) is 5.92 Å². The maximum atomic E-state index is 5.18. The Balaban J connectivity index is 1.74. The highest BCUT2D eigenvalue weighted by molar-refractivity contribution is 7.26. The first-order valence-electron chi connectivity index (χ1n) is 10.5. The molecule has 4 nitrogen and oxygen atoms in total. The average molecular weight is 381 g/mol. The van der Waals surface area contributed by atoms with E-state index in [1.165, 1.54) is 76.7 Å². The van der Waals surface area contributed by atoms with E-state index >= 15 is 0 Å². The van der Waals surface area contributed by atoms with E-state index in [4.69, 9.17) is 15.0 Å². The average Bonchev–Trinajstić information content (AvgIpc) is 3.07. The van der Waals surface area contributed by atoms with Crippen LogP contribution in [0, 0.1) is 5.92 Å². The number of aromatic nitrogens is 3. The third-order valence-electron chi connectivity index (χ3n) is 6.05. The molecule has 142 valence electrons. The van der Waals surface area contributed by atoms with E-state index in [0.717, 1.165) is 30.8 Å². The van der Waals surface area contributed by atoms with Gasteiger partial charge in [-0.2, -0.15) is 0 Å². The zero-order valence-electron chi connectivity index (χ0n) is 16.4. The highest BCUT2D eigenvalue weighted by atomic mass is 32.1. The molecule has 5 heteroatoms. The van der Waals surface area contributed by atoms with Crippen molar-refractivity contribution >= 4 is 37.6 Å². The summed E-state index contributed by atoms with van der Waals surface area (Å²) in [4.78, 5) is 18.3. The molecule has 0 N–H and O–H groups in total. The molecule has 3 aromatic heterocycles. The molecular formula is C22H28N4S. The molecule has 0 saturated carbocycles. The van der Waals surface area contributed by atoms with E-state index in [1.807, 2.05) is 11.3 Å². The van der Waals surface area contributed by atoms with Gasteiger partial charge in [0.25, 0.3) is 0 Å². The van der Waals surface area contributed by atoms with Crippen LogP contribution in [0.25, 0.3) is 20.4 Å². The minimum absolute atomic E-state index is 0.638. The highest BCUT2D eigenvalue weighted by Crippen LogP contribution is 2.42. The summed E-state index contributed by atoms with van der Waals surface area (Å²) in [6.45, 7) is 6.83. The third kappa shape index (κ3) is 3.00. The molecule has 0 aromatic carbocycles. The van der Waals surface area contributed by atoms with Gasteiger partial charge in [-0.1, -0.05) is 13.8 Å². The van der Waals surface area contributed by atoms with Crippen molar-refractivity contribution in [1.29, 1.82) is 0 Å². The first kappa shape index (κ1) is 17.4. The second-order valence-electron chi connectivity index (χ2n) is 8.53. The number of anilines is 1. The van der Waals surface area contributed by atoms with Crippen LogP contribution >= 0.6 is 11.3 Å². The van der Waals surface area contributed by atoms with Crippen LogP contribution in [0.3, 0.4) is 0 Å². The zero-order valence-corrected chi connectivity index (χ0v) is 17.2. The lowest BCUT2D eigenvalue weighted by Gasteiger charge is -2.27. The molecule has 0 spiro atoms. The summed E-state index contributed by atoms with van der Waals surface area (Å²) in [6.07, 6.45) is 11.7. The van der Waals surface area contributed by atoms with E-state index in [0.29, 0.717) is 5.92 Å². The van der Waals surface area contributed by atoms with E-state index in [-0.39, 0.29) is 0 Å². The summed E-state index contributed by atoms with van der Waals surface area (Å²) in [5, 5.41) is 1.33. The van der Waals surface area contributed by atoms with E-state index in [1.54, 1.807) is 6.33 Å². The Morgan fingerprint density at radius 3 is 2.56 bits per heavy atom. The number of thiophene rings is 1. The fraction of sp³-hybridized carbons (Fsp3) is 0.591. The summed E-state index contributed by atoms with van der Waals surface area (Å²) in [5.41, 5.74) is 5.55. The van der Waals surface area contributed by atoms with Gasteiger partial charge in [0.05, 0.1) is 10.2 Å². The molecule has 4 heterocycles. The van der Waals surface area contributed by atoms with Gasteiger partial charge >= 0.3 is 0 Å². The number of aryl methyl sites for hydroxylation is 1. The Kier molecular flexibility index (Phi) is 4.50. The zero-order chi connectivity index (χ0) is 18.4. The fourth-order valence-corrected chi connectivity index (χ4v) is 6.01. The summed E-state index contributed by atoms with van der Waals surface area (Å²) in [7, 11) is 0. The molecule has 27 heavy (non-hydrogen) atoms. The number of nitrogens with zero attached hydrogens (tertiary/aromatic N) is 4. The monoisotopic (exact) mass is 380 g/mol. The Bertz CT molecular complexity index is 985. The van der Waals surface area contributed by atoms with Gasteiger partial charge in [0.1, 0.15) is 17.0 Å². The molecule has 3 aromatic rings. The van der Waals surface area contributed by atoms with E-state index in [2.05, 4.69) is 18.7 Å². The van der Waals surface area contributed by atoms with Gasteiger partial charge in [0, 0.05) is 24.2 Å². The second kappa shape index (κ2) is 7.01. The minimum Gasteiger partial charge on any atom is -0.355 e. The van der Waals surface area contributed by atoms with Gasteiger partial charge in [-0.3, -0.25) is 0 Å². The Morgan fingerprint density at radius 2 is 1.78 bits per heavy atom. The van der Waals surface area contributed by atoms with Crippen molar-refractivity contribution < 1.29 is 0 Å². The van der Waals surface area contributed by atoms with E-state index < -0.39 is 0 Å². The lowest BCUT2D eigenvalue weighted by Crippen LogP contribution is -2.30. The number of fused-ring (bicyclic) bond motifs is 5. The Morgan fingerprint density at radius 1 is 1.00 bits per heavy atom. The highest BCUT2D eigenvalue weighted by Gasteiger charge is 2.25. The van der Waals surface area contributed by atoms with Gasteiger partial charge in [-0.25, -0.2) is 15.0 Å². The van der Waals surface area contributed by atoms with Crippen LogP contribution in [0.4, 0.5) is 5.82 Å². The molecule has 0 unspecified atom stereocenters. The summed E-state index contributed by atoms with van der Waals surface area (Å²) >= 11 is 1.82. The quantitative estimate of drug-likeness (QED) is 0.618. The van der Waals surface area contributed by atoms with Crippen LogP contribution in [-0.2, 0) is 19.3 Å². The van der Waals surface area contributed by atoms with Crippen LogP contribution < -0.4 is 4.90 Å². The first-order valence-corrected chi connectivity index (χ1v) is 11.4. The molecule has 1 aliphatic heterocycles. The number of piperidine rings is 1. The third-order valence-corrected chi connectivity index (χ3v) is 7.11. The molecule has 0 radical (unpaired) electrons. The first-order chi connectivity index (χ1) is 13.2. The normalized spacial score (nSPS) is 17.8. The number of hydrogen-bond acceptors (Lipinski definition) is 5. The predicted molar refractivity (Wildman–Crippen MR) is 114 cm³/mol. The van der Waals surface area contributed by atoms with Gasteiger partial charge in [-0.15, -0.1) is 11.3 Å². The topological polar surface area (TPSA) is 41.9 Å². The van der Waals surface area contributed by atoms with Gasteiger partial charge in [0.2, 0.25) is 0 Å². The van der Waals surface area contributed by atoms with Crippen LogP contribution in [0.1, 0.15) is 62.8 Å². The minimum atomic E-state index is 0.638. The molecule has 0 bridgehead atoms. The van der Waals surface area contributed by atoms with Crippen molar-refractivity contribution in [3.8, 4) is 0 Å². The summed E-state index contributed by atoms with van der Waals surface area (Å²) < 4.78 is 1.25. The van der Waals surface area contributed by atoms with Crippen molar-refractivity contribution in [2.75, 3.05) is 18.0 Å². The molecule has 1 saturated heterocycles. The molecule has 0 atom stereocenters. The lowest BCUT2D eigenvalue weighted by atomic mass is 9.87. The summed E-state index contributed by atoms with van der Waals surface area (Å²) in [6, 6.07) is 0. The number of hydrogen-bond donors (Lipinski definition) is 0. The maximum Gasteiger partial charge on any atom is 0.150 e. The van der Waals surface area contributed by atoms with E-state index in [9.17, 15) is 0 Å². The molecule has 0 amide bonds. The summed E-state index contributed by atoms with van der Waals surface area (Å²) in [5.74, 6) is 1.77. The fourth-order valence-electron chi connectivity index (χ4n) is 4.81. The second-order valence-corrected chi connectivity index (χ2v) is 9.52. The van der Waals surface area contributed by atoms with Gasteiger partial charge in [-0.05, 0) is 68.4 Å².